The maximum absolute atomic E-state index is 11.3. The van der Waals surface area contributed by atoms with Gasteiger partial charge in [-0.2, -0.15) is 17.2 Å². The van der Waals surface area contributed by atoms with Crippen LogP contribution in [-0.2, 0) is 10.2 Å². The second-order valence-corrected chi connectivity index (χ2v) is 2.72. The molecule has 0 aliphatic heterocycles. The molecule has 0 aromatic rings. The molecule has 0 aromatic carbocycles. The summed E-state index contributed by atoms with van der Waals surface area (Å²) < 4.78 is 74.1. The van der Waals surface area contributed by atoms with Gasteiger partial charge in [-0.15, -0.1) is 0 Å². The van der Waals surface area contributed by atoms with Crippen molar-refractivity contribution in [2.75, 3.05) is 0 Å². The van der Waals surface area contributed by atoms with Crippen molar-refractivity contribution >= 4 is 10.2 Å². The highest BCUT2D eigenvalue weighted by Crippen LogP contribution is 2.30. The van der Waals surface area contributed by atoms with E-state index in [9.17, 15) is 29.9 Å². The van der Waals surface area contributed by atoms with Gasteiger partial charge in [0, 0.05) is 0 Å². The molecule has 2 nitrogen and oxygen atoms in total. The minimum Gasteiger partial charge on any atom is -0.202 e. The van der Waals surface area contributed by atoms with E-state index in [1.165, 1.54) is 0 Å². The van der Waals surface area contributed by atoms with Crippen LogP contribution in [0.1, 0.15) is 0 Å². The van der Waals surface area contributed by atoms with Crippen LogP contribution in [0.2, 0.25) is 0 Å². The minimum absolute atomic E-state index is 4.54. The molecule has 62 valence electrons. The van der Waals surface area contributed by atoms with Gasteiger partial charge in [0.2, 0.25) is 0 Å². The molecule has 0 saturated carbocycles. The first-order chi connectivity index (χ1) is 4.19. The van der Waals surface area contributed by atoms with Crippen molar-refractivity contribution in [2.45, 2.75) is 11.7 Å². The van der Waals surface area contributed by atoms with E-state index in [0.717, 1.165) is 0 Å². The molecule has 10 heavy (non-hydrogen) atoms. The van der Waals surface area contributed by atoms with Gasteiger partial charge in [0.25, 0.3) is 0 Å². The van der Waals surface area contributed by atoms with Crippen LogP contribution in [0.5, 0.6) is 0 Å². The Hall–Kier alpha value is -0.400. The summed E-state index contributed by atoms with van der Waals surface area (Å²) in [5.74, 6) is 0. The number of rotatable bonds is 2. The summed E-state index contributed by atoms with van der Waals surface area (Å²) in [6.45, 7) is 0. The largest absolute Gasteiger partial charge is 0.433 e. The molecule has 0 aliphatic rings. The Bertz CT molecular complexity index is 206. The zero-order valence-corrected chi connectivity index (χ0v) is 5.01. The Morgan fingerprint density at radius 3 is 1.50 bits per heavy atom. The molecule has 0 radical (unpaired) electrons. The van der Waals surface area contributed by atoms with Gasteiger partial charge in [-0.25, -0.2) is 8.78 Å². The lowest BCUT2D eigenvalue weighted by atomic mass is 10.7. The monoisotopic (exact) mass is 184 g/mol. The molecule has 0 fully saturated rings. The first-order valence-corrected chi connectivity index (χ1v) is 3.18. The minimum atomic E-state index is -6.48. The fraction of sp³-hybridized carbons (Fsp3) is 1.00. The van der Waals surface area contributed by atoms with Gasteiger partial charge in [-0.05, 0) is 0 Å². The molecular weight excluding hydrogens is 183 g/mol. The Kier molecular flexibility index (Phi) is 2.24. The van der Waals surface area contributed by atoms with Gasteiger partial charge in [0.1, 0.15) is 0 Å². The third kappa shape index (κ3) is 1.55. The molecule has 0 bridgehead atoms. The Labute approximate surface area is 52.9 Å². The summed E-state index contributed by atoms with van der Waals surface area (Å²) >= 11 is 0. The van der Waals surface area contributed by atoms with Gasteiger partial charge in [0.05, 0.1) is 0 Å². The summed E-state index contributed by atoms with van der Waals surface area (Å²) in [5.41, 5.74) is 0. The molecule has 0 heterocycles. The summed E-state index contributed by atoms with van der Waals surface area (Å²) in [6.07, 6.45) is -4.54. The highest BCUT2D eigenvalue weighted by atomic mass is 32.3. The Morgan fingerprint density at radius 2 is 1.50 bits per heavy atom. The third-order valence-corrected chi connectivity index (χ3v) is 1.41. The Balaban J connectivity index is 4.76. The van der Waals surface area contributed by atoms with Crippen LogP contribution in [0, 0.1) is 0 Å². The lowest BCUT2D eigenvalue weighted by molar-refractivity contribution is -0.0665. The van der Waals surface area contributed by atoms with Crippen molar-refractivity contribution in [2.24, 2.45) is 0 Å². The van der Waals surface area contributed by atoms with E-state index in [2.05, 4.69) is 0 Å². The molecule has 0 unspecified atom stereocenters. The molecule has 0 spiro atoms. The normalized spacial score (nSPS) is 14.2. The molecule has 8 heteroatoms. The second-order valence-electron chi connectivity index (χ2n) is 1.30. The van der Waals surface area contributed by atoms with Gasteiger partial charge in [-0.3, -0.25) is 0 Å². The van der Waals surface area contributed by atoms with E-state index in [1.807, 2.05) is 0 Å². The van der Waals surface area contributed by atoms with E-state index in [0.29, 0.717) is 0 Å². The van der Waals surface area contributed by atoms with Crippen LogP contribution in [-0.4, -0.2) is 20.1 Å². The van der Waals surface area contributed by atoms with E-state index in [-0.39, 0.29) is 0 Å². The van der Waals surface area contributed by atoms with E-state index in [4.69, 9.17) is 0 Å². The maximum atomic E-state index is 11.3. The second kappa shape index (κ2) is 2.33. The number of halogens is 5. The quantitative estimate of drug-likeness (QED) is 0.476. The molecular formula is C2HF5O2S. The van der Waals surface area contributed by atoms with Crippen molar-refractivity contribution in [1.29, 1.82) is 0 Å². The van der Waals surface area contributed by atoms with E-state index < -0.39 is 21.9 Å². The lowest BCUT2D eigenvalue weighted by Crippen LogP contribution is -2.33. The topological polar surface area (TPSA) is 34.1 Å². The summed E-state index contributed by atoms with van der Waals surface area (Å²) in [4.78, 5) is 0. The number of hydrogen-bond acceptors (Lipinski definition) is 2. The predicted molar refractivity (Wildman–Crippen MR) is 21.0 cm³/mol. The lowest BCUT2D eigenvalue weighted by Gasteiger charge is -2.08. The van der Waals surface area contributed by atoms with Crippen molar-refractivity contribution in [3.05, 3.63) is 0 Å². The van der Waals surface area contributed by atoms with Crippen LogP contribution >= 0.6 is 0 Å². The molecule has 0 N–H and O–H groups in total. The van der Waals surface area contributed by atoms with Crippen LogP contribution in [0.25, 0.3) is 0 Å². The number of alkyl halides is 4. The first-order valence-electron chi connectivity index (χ1n) is 1.79. The molecule has 0 aromatic heterocycles. The summed E-state index contributed by atoms with van der Waals surface area (Å²) in [5, 5.41) is -5.59. The average molecular weight is 184 g/mol. The zero-order chi connectivity index (χ0) is 8.58. The Morgan fingerprint density at radius 1 is 1.20 bits per heavy atom. The van der Waals surface area contributed by atoms with Crippen molar-refractivity contribution in [1.82, 2.24) is 0 Å². The van der Waals surface area contributed by atoms with Crippen LogP contribution in [0.4, 0.5) is 21.4 Å². The molecule has 0 aliphatic carbocycles. The standard InChI is InChI=1S/C2HF5O2S/c3-1(4)2(5,6)10(7,8)9/h1H. The third-order valence-electron chi connectivity index (χ3n) is 0.579. The molecule has 0 amide bonds. The highest BCUT2D eigenvalue weighted by Gasteiger charge is 2.54. The van der Waals surface area contributed by atoms with E-state index in [1.54, 1.807) is 0 Å². The molecule has 0 saturated heterocycles. The van der Waals surface area contributed by atoms with Gasteiger partial charge in [0.15, 0.2) is 0 Å². The molecule has 0 rings (SSSR count). The smallest absolute Gasteiger partial charge is 0.202 e. The fourth-order valence-corrected chi connectivity index (χ4v) is 0.319. The van der Waals surface area contributed by atoms with Crippen LogP contribution in [0.15, 0.2) is 0 Å². The fourth-order valence-electron chi connectivity index (χ4n) is 0.106. The average Bonchev–Trinajstić information content (AvgIpc) is 1.62. The number of hydrogen-bond donors (Lipinski definition) is 0. The van der Waals surface area contributed by atoms with Gasteiger partial charge >= 0.3 is 21.9 Å². The van der Waals surface area contributed by atoms with Crippen molar-refractivity contribution in [3.8, 4) is 0 Å². The van der Waals surface area contributed by atoms with Gasteiger partial charge in [-0.1, -0.05) is 3.89 Å². The molecule has 0 atom stereocenters. The SMILES string of the molecule is O=S(=O)(F)C(F)(F)C(F)F. The van der Waals surface area contributed by atoms with Crippen LogP contribution < -0.4 is 0 Å². The van der Waals surface area contributed by atoms with Crippen molar-refractivity contribution in [3.63, 3.8) is 0 Å². The maximum Gasteiger partial charge on any atom is 0.433 e. The van der Waals surface area contributed by atoms with Crippen molar-refractivity contribution < 1.29 is 29.9 Å². The highest BCUT2D eigenvalue weighted by molar-refractivity contribution is 7.87. The van der Waals surface area contributed by atoms with Gasteiger partial charge < -0.3 is 0 Å². The predicted octanol–water partition coefficient (Wildman–Crippen LogP) is 1.14. The first kappa shape index (κ1) is 9.60. The van der Waals surface area contributed by atoms with E-state index >= 15 is 0 Å². The zero-order valence-electron chi connectivity index (χ0n) is 4.19. The summed E-state index contributed by atoms with van der Waals surface area (Å²) in [7, 11) is -6.48. The summed E-state index contributed by atoms with van der Waals surface area (Å²) in [6, 6.07) is 0. The van der Waals surface area contributed by atoms with Crippen LogP contribution in [0.3, 0.4) is 0 Å².